The average Bonchev–Trinajstić information content (AvgIpc) is 2.80. The van der Waals surface area contributed by atoms with Gasteiger partial charge >= 0.3 is 0 Å². The van der Waals surface area contributed by atoms with E-state index < -0.39 is 0 Å². The summed E-state index contributed by atoms with van der Waals surface area (Å²) in [7, 11) is 0. The van der Waals surface area contributed by atoms with Crippen LogP contribution in [0.15, 0.2) is 53.6 Å². The van der Waals surface area contributed by atoms with Crippen LogP contribution in [0.5, 0.6) is 0 Å². The normalized spacial score (nSPS) is 14.4. The number of hydrogen-bond donors (Lipinski definition) is 1. The van der Waals surface area contributed by atoms with E-state index in [0.717, 1.165) is 18.4 Å². The van der Waals surface area contributed by atoms with Crippen molar-refractivity contribution in [3.05, 3.63) is 70.8 Å². The number of hydrazone groups is 1. The molecule has 0 unspecified atom stereocenters. The van der Waals surface area contributed by atoms with Crippen LogP contribution in [-0.4, -0.2) is 60.6 Å². The van der Waals surface area contributed by atoms with Gasteiger partial charge in [0.05, 0.1) is 24.4 Å². The minimum absolute atomic E-state index is 0.0523. The SMILES string of the molecule is CCCc1cccc(/C=N/NC(=O)CN2CCN(C(=O)c3ccc(C#N)cc3)CC2)c1. The van der Waals surface area contributed by atoms with E-state index in [1.807, 2.05) is 23.1 Å². The Morgan fingerprint density at radius 3 is 2.55 bits per heavy atom. The minimum atomic E-state index is -0.173. The number of nitriles is 1. The lowest BCUT2D eigenvalue weighted by atomic mass is 10.1. The highest BCUT2D eigenvalue weighted by atomic mass is 16.2. The van der Waals surface area contributed by atoms with Crippen LogP contribution in [0, 0.1) is 11.3 Å². The van der Waals surface area contributed by atoms with Gasteiger partial charge in [-0.3, -0.25) is 14.5 Å². The highest BCUT2D eigenvalue weighted by Crippen LogP contribution is 2.10. The van der Waals surface area contributed by atoms with Crippen LogP contribution in [0.1, 0.15) is 40.4 Å². The van der Waals surface area contributed by atoms with E-state index in [2.05, 4.69) is 29.6 Å². The summed E-state index contributed by atoms with van der Waals surface area (Å²) < 4.78 is 0. The standard InChI is InChI=1S/C24H27N5O2/c1-2-4-19-5-3-6-21(15-19)17-26-27-23(30)18-28-11-13-29(14-12-28)24(31)22-9-7-20(16-25)8-10-22/h3,5-10,15,17H,2,4,11-14,18H2,1H3,(H,27,30)/b26-17+. The summed E-state index contributed by atoms with van der Waals surface area (Å²) in [5.74, 6) is -0.226. The molecule has 7 nitrogen and oxygen atoms in total. The zero-order valence-electron chi connectivity index (χ0n) is 17.8. The first kappa shape index (κ1) is 22.2. The first-order valence-electron chi connectivity index (χ1n) is 10.5. The van der Waals surface area contributed by atoms with Gasteiger partial charge < -0.3 is 4.90 Å². The Bertz CT molecular complexity index is 970. The van der Waals surface area contributed by atoms with Crippen LogP contribution in [-0.2, 0) is 11.2 Å². The van der Waals surface area contributed by atoms with E-state index >= 15 is 0 Å². The molecule has 2 aromatic carbocycles. The molecule has 0 saturated carbocycles. The van der Waals surface area contributed by atoms with Crippen molar-refractivity contribution in [1.82, 2.24) is 15.2 Å². The van der Waals surface area contributed by atoms with E-state index in [1.54, 1.807) is 35.4 Å². The number of piperazine rings is 1. The Morgan fingerprint density at radius 2 is 1.87 bits per heavy atom. The highest BCUT2D eigenvalue weighted by Gasteiger charge is 2.23. The average molecular weight is 418 g/mol. The molecule has 1 fully saturated rings. The fourth-order valence-corrected chi connectivity index (χ4v) is 3.51. The number of aryl methyl sites for hydroxylation is 1. The Balaban J connectivity index is 1.43. The van der Waals surface area contributed by atoms with Crippen LogP contribution in [0.4, 0.5) is 0 Å². The highest BCUT2D eigenvalue weighted by molar-refractivity contribution is 5.94. The minimum Gasteiger partial charge on any atom is -0.336 e. The monoisotopic (exact) mass is 417 g/mol. The zero-order valence-corrected chi connectivity index (χ0v) is 17.8. The Hall–Kier alpha value is -3.50. The quantitative estimate of drug-likeness (QED) is 0.554. The number of carbonyl (C=O) groups excluding carboxylic acids is 2. The summed E-state index contributed by atoms with van der Waals surface area (Å²) in [5.41, 5.74) is 5.90. The Morgan fingerprint density at radius 1 is 1.13 bits per heavy atom. The summed E-state index contributed by atoms with van der Waals surface area (Å²) in [6.45, 7) is 4.74. The molecule has 0 bridgehead atoms. The second-order valence-electron chi connectivity index (χ2n) is 7.55. The van der Waals surface area contributed by atoms with E-state index in [0.29, 0.717) is 37.3 Å². The van der Waals surface area contributed by atoms with Crippen LogP contribution in [0.3, 0.4) is 0 Å². The molecule has 0 spiro atoms. The molecule has 1 saturated heterocycles. The van der Waals surface area contributed by atoms with Gasteiger partial charge in [-0.2, -0.15) is 10.4 Å². The van der Waals surface area contributed by atoms with E-state index in [9.17, 15) is 9.59 Å². The van der Waals surface area contributed by atoms with Gasteiger partial charge in [0, 0.05) is 31.7 Å². The predicted octanol–water partition coefficient (Wildman–Crippen LogP) is 2.42. The predicted molar refractivity (Wildman–Crippen MR) is 120 cm³/mol. The van der Waals surface area contributed by atoms with Crippen molar-refractivity contribution < 1.29 is 9.59 Å². The van der Waals surface area contributed by atoms with Gasteiger partial charge in [-0.1, -0.05) is 37.6 Å². The molecule has 1 N–H and O–H groups in total. The topological polar surface area (TPSA) is 88.8 Å². The molecule has 0 radical (unpaired) electrons. The van der Waals surface area contributed by atoms with Crippen molar-refractivity contribution in [3.8, 4) is 6.07 Å². The second kappa shape index (κ2) is 11.0. The molecule has 2 amide bonds. The third kappa shape index (κ3) is 6.49. The maximum absolute atomic E-state index is 12.6. The number of amides is 2. The number of rotatable bonds is 7. The van der Waals surface area contributed by atoms with Crippen LogP contribution in [0.2, 0.25) is 0 Å². The summed E-state index contributed by atoms with van der Waals surface area (Å²) in [4.78, 5) is 28.6. The zero-order chi connectivity index (χ0) is 22.1. The van der Waals surface area contributed by atoms with Crippen molar-refractivity contribution in [3.63, 3.8) is 0 Å². The number of carbonyl (C=O) groups is 2. The molecule has 0 aliphatic carbocycles. The number of benzene rings is 2. The van der Waals surface area contributed by atoms with Crippen molar-refractivity contribution in [2.75, 3.05) is 32.7 Å². The molecule has 1 heterocycles. The van der Waals surface area contributed by atoms with Crippen LogP contribution < -0.4 is 5.43 Å². The third-order valence-electron chi connectivity index (χ3n) is 5.18. The lowest BCUT2D eigenvalue weighted by Gasteiger charge is -2.34. The van der Waals surface area contributed by atoms with E-state index in [-0.39, 0.29) is 18.4 Å². The van der Waals surface area contributed by atoms with Crippen molar-refractivity contribution >= 4 is 18.0 Å². The maximum atomic E-state index is 12.6. The Kier molecular flexibility index (Phi) is 7.91. The molecule has 2 aromatic rings. The van der Waals surface area contributed by atoms with E-state index in [1.165, 1.54) is 5.56 Å². The smallest absolute Gasteiger partial charge is 0.254 e. The van der Waals surface area contributed by atoms with Gasteiger partial charge in [0.2, 0.25) is 0 Å². The molecule has 1 aliphatic heterocycles. The molecule has 31 heavy (non-hydrogen) atoms. The second-order valence-corrected chi connectivity index (χ2v) is 7.55. The molecule has 1 aliphatic rings. The van der Waals surface area contributed by atoms with Crippen LogP contribution in [0.25, 0.3) is 0 Å². The Labute approximate surface area is 183 Å². The summed E-state index contributed by atoms with van der Waals surface area (Å²) >= 11 is 0. The summed E-state index contributed by atoms with van der Waals surface area (Å²) in [6.07, 6.45) is 3.77. The maximum Gasteiger partial charge on any atom is 0.254 e. The molecular weight excluding hydrogens is 390 g/mol. The van der Waals surface area contributed by atoms with Crippen LogP contribution >= 0.6 is 0 Å². The van der Waals surface area contributed by atoms with Crippen molar-refractivity contribution in [2.45, 2.75) is 19.8 Å². The molecular formula is C24H27N5O2. The molecule has 0 aromatic heterocycles. The van der Waals surface area contributed by atoms with Gasteiger partial charge in [0.1, 0.15) is 0 Å². The fraction of sp³-hybridized carbons (Fsp3) is 0.333. The van der Waals surface area contributed by atoms with Crippen molar-refractivity contribution in [1.29, 1.82) is 5.26 Å². The molecule has 3 rings (SSSR count). The first-order chi connectivity index (χ1) is 15.1. The van der Waals surface area contributed by atoms with Crippen molar-refractivity contribution in [2.24, 2.45) is 5.10 Å². The molecule has 0 atom stereocenters. The molecule has 7 heteroatoms. The fourth-order valence-electron chi connectivity index (χ4n) is 3.51. The number of nitrogens with one attached hydrogen (secondary N) is 1. The summed E-state index contributed by atoms with van der Waals surface area (Å²) in [5, 5.41) is 12.9. The first-order valence-corrected chi connectivity index (χ1v) is 10.5. The summed E-state index contributed by atoms with van der Waals surface area (Å²) in [6, 6.07) is 16.8. The van der Waals surface area contributed by atoms with Gasteiger partial charge in [0.25, 0.3) is 11.8 Å². The van der Waals surface area contributed by atoms with Gasteiger partial charge in [-0.05, 0) is 41.8 Å². The number of nitrogens with zero attached hydrogens (tertiary/aromatic N) is 4. The lowest BCUT2D eigenvalue weighted by Crippen LogP contribution is -2.50. The lowest BCUT2D eigenvalue weighted by molar-refractivity contribution is -0.122. The van der Waals surface area contributed by atoms with Gasteiger partial charge in [-0.15, -0.1) is 0 Å². The molecule has 160 valence electrons. The van der Waals surface area contributed by atoms with E-state index in [4.69, 9.17) is 5.26 Å². The van der Waals surface area contributed by atoms with Gasteiger partial charge in [0.15, 0.2) is 0 Å². The largest absolute Gasteiger partial charge is 0.336 e. The third-order valence-corrected chi connectivity index (χ3v) is 5.18. The van der Waals surface area contributed by atoms with Gasteiger partial charge in [-0.25, -0.2) is 5.43 Å². The number of hydrogen-bond acceptors (Lipinski definition) is 5.